The van der Waals surface area contributed by atoms with Crippen LogP contribution in [0.5, 0.6) is 0 Å². The van der Waals surface area contributed by atoms with Gasteiger partial charge in [-0.2, -0.15) is 0 Å². The number of amides is 1. The fraction of sp³-hybridized carbons (Fsp3) is 0.0714. The van der Waals surface area contributed by atoms with Crippen molar-refractivity contribution in [1.82, 2.24) is 0 Å². The van der Waals surface area contributed by atoms with E-state index in [0.717, 1.165) is 0 Å². The van der Waals surface area contributed by atoms with Crippen molar-refractivity contribution < 1.29 is 13.6 Å². The molecule has 0 unspecified atom stereocenters. The molecule has 0 aliphatic rings. The van der Waals surface area contributed by atoms with Gasteiger partial charge in [0.25, 0.3) is 5.91 Å². The van der Waals surface area contributed by atoms with Crippen LogP contribution in [0.4, 0.5) is 14.5 Å². The van der Waals surface area contributed by atoms with E-state index in [2.05, 4.69) is 21.2 Å². The Morgan fingerprint density at radius 2 is 1.95 bits per heavy atom. The molecule has 5 heteroatoms. The number of anilines is 1. The number of carbonyl (C=O) groups is 1. The van der Waals surface area contributed by atoms with E-state index >= 15 is 0 Å². The lowest BCUT2D eigenvalue weighted by atomic mass is 10.1. The van der Waals surface area contributed by atoms with Crippen LogP contribution in [0.25, 0.3) is 0 Å². The van der Waals surface area contributed by atoms with Crippen LogP contribution >= 0.6 is 15.9 Å². The lowest BCUT2D eigenvalue weighted by Gasteiger charge is -2.07. The van der Waals surface area contributed by atoms with Crippen LogP contribution in [0, 0.1) is 18.6 Å². The highest BCUT2D eigenvalue weighted by molar-refractivity contribution is 9.10. The van der Waals surface area contributed by atoms with Crippen molar-refractivity contribution in [1.29, 1.82) is 0 Å². The Hall–Kier alpha value is -1.75. The number of nitrogens with one attached hydrogen (secondary N) is 1. The summed E-state index contributed by atoms with van der Waals surface area (Å²) in [6, 6.07) is 8.72. The SMILES string of the molecule is Cc1ccc(NC(=O)c2cccc(Br)c2F)cc1F. The minimum atomic E-state index is -0.646. The highest BCUT2D eigenvalue weighted by Gasteiger charge is 2.14. The maximum atomic E-state index is 13.7. The van der Waals surface area contributed by atoms with Gasteiger partial charge in [-0.3, -0.25) is 4.79 Å². The Balaban J connectivity index is 2.26. The Kier molecular flexibility index (Phi) is 3.95. The van der Waals surface area contributed by atoms with Crippen molar-refractivity contribution in [3.8, 4) is 0 Å². The number of halogens is 3. The van der Waals surface area contributed by atoms with Gasteiger partial charge in [0.2, 0.25) is 0 Å². The molecule has 0 spiro atoms. The maximum Gasteiger partial charge on any atom is 0.258 e. The van der Waals surface area contributed by atoms with Gasteiger partial charge in [-0.1, -0.05) is 12.1 Å². The third-order valence-corrected chi connectivity index (χ3v) is 3.24. The fourth-order valence-electron chi connectivity index (χ4n) is 1.55. The van der Waals surface area contributed by atoms with E-state index < -0.39 is 17.5 Å². The largest absolute Gasteiger partial charge is 0.322 e. The fourth-order valence-corrected chi connectivity index (χ4v) is 1.91. The van der Waals surface area contributed by atoms with Crippen molar-refractivity contribution in [2.24, 2.45) is 0 Å². The number of benzene rings is 2. The van der Waals surface area contributed by atoms with Gasteiger partial charge in [0.05, 0.1) is 10.0 Å². The Morgan fingerprint density at radius 3 is 2.63 bits per heavy atom. The van der Waals surface area contributed by atoms with E-state index in [1.54, 1.807) is 25.1 Å². The molecule has 2 aromatic rings. The maximum absolute atomic E-state index is 13.7. The van der Waals surface area contributed by atoms with Gasteiger partial charge in [0, 0.05) is 5.69 Å². The summed E-state index contributed by atoms with van der Waals surface area (Å²) in [4.78, 5) is 11.9. The van der Waals surface area contributed by atoms with Crippen LogP contribution in [0.3, 0.4) is 0 Å². The van der Waals surface area contributed by atoms with Crippen LogP contribution < -0.4 is 5.32 Å². The molecule has 2 nitrogen and oxygen atoms in total. The second kappa shape index (κ2) is 5.48. The zero-order valence-electron chi connectivity index (χ0n) is 10.0. The first-order valence-corrected chi connectivity index (χ1v) is 6.30. The molecule has 2 rings (SSSR count). The van der Waals surface area contributed by atoms with Gasteiger partial charge in [0.1, 0.15) is 11.6 Å². The topological polar surface area (TPSA) is 29.1 Å². The Morgan fingerprint density at radius 1 is 1.21 bits per heavy atom. The summed E-state index contributed by atoms with van der Waals surface area (Å²) in [6.07, 6.45) is 0. The van der Waals surface area contributed by atoms with Gasteiger partial charge in [-0.15, -0.1) is 0 Å². The monoisotopic (exact) mass is 325 g/mol. The average Bonchev–Trinajstić information content (AvgIpc) is 2.37. The molecule has 0 fully saturated rings. The van der Waals surface area contributed by atoms with Crippen molar-refractivity contribution in [3.63, 3.8) is 0 Å². The number of rotatable bonds is 2. The number of hydrogen-bond acceptors (Lipinski definition) is 1. The summed E-state index contributed by atoms with van der Waals surface area (Å²) in [5.41, 5.74) is 0.662. The lowest BCUT2D eigenvalue weighted by Crippen LogP contribution is -2.14. The third kappa shape index (κ3) is 2.98. The first-order chi connectivity index (χ1) is 8.99. The highest BCUT2D eigenvalue weighted by atomic mass is 79.9. The van der Waals surface area contributed by atoms with Gasteiger partial charge >= 0.3 is 0 Å². The van der Waals surface area contributed by atoms with Gasteiger partial charge in [-0.25, -0.2) is 8.78 Å². The molecule has 0 aliphatic carbocycles. The van der Waals surface area contributed by atoms with E-state index in [1.807, 2.05) is 0 Å². The molecule has 1 N–H and O–H groups in total. The second-order valence-corrected chi connectivity index (χ2v) is 4.87. The summed E-state index contributed by atoms with van der Waals surface area (Å²) in [5, 5.41) is 2.45. The Labute approximate surface area is 117 Å². The van der Waals surface area contributed by atoms with E-state index in [4.69, 9.17) is 0 Å². The summed E-state index contributed by atoms with van der Waals surface area (Å²) in [7, 11) is 0. The zero-order valence-corrected chi connectivity index (χ0v) is 11.6. The van der Waals surface area contributed by atoms with Crippen molar-refractivity contribution in [2.45, 2.75) is 6.92 Å². The minimum absolute atomic E-state index is 0.102. The first kappa shape index (κ1) is 13.7. The first-order valence-electron chi connectivity index (χ1n) is 5.50. The summed E-state index contributed by atoms with van der Waals surface area (Å²) in [5.74, 6) is -1.69. The van der Waals surface area contributed by atoms with Crippen molar-refractivity contribution in [3.05, 3.63) is 63.6 Å². The van der Waals surface area contributed by atoms with Crippen LogP contribution in [0.15, 0.2) is 40.9 Å². The van der Waals surface area contributed by atoms with Gasteiger partial charge in [0.15, 0.2) is 0 Å². The van der Waals surface area contributed by atoms with E-state index in [0.29, 0.717) is 5.56 Å². The van der Waals surface area contributed by atoms with Gasteiger partial charge in [-0.05, 0) is 52.7 Å². The summed E-state index contributed by atoms with van der Waals surface area (Å²) in [6.45, 7) is 1.62. The number of aryl methyl sites for hydroxylation is 1. The van der Waals surface area contributed by atoms with Crippen LogP contribution in [0.2, 0.25) is 0 Å². The average molecular weight is 326 g/mol. The predicted molar refractivity (Wildman–Crippen MR) is 73.2 cm³/mol. The van der Waals surface area contributed by atoms with Crippen LogP contribution in [0.1, 0.15) is 15.9 Å². The highest BCUT2D eigenvalue weighted by Crippen LogP contribution is 2.20. The normalized spacial score (nSPS) is 10.3. The molecular formula is C14H10BrF2NO. The predicted octanol–water partition coefficient (Wildman–Crippen LogP) is 4.29. The molecule has 1 amide bonds. The molecule has 0 bridgehead atoms. The molecule has 0 radical (unpaired) electrons. The molecular weight excluding hydrogens is 316 g/mol. The third-order valence-electron chi connectivity index (χ3n) is 2.63. The second-order valence-electron chi connectivity index (χ2n) is 4.02. The molecule has 0 aromatic heterocycles. The minimum Gasteiger partial charge on any atom is -0.322 e. The molecule has 2 aromatic carbocycles. The van der Waals surface area contributed by atoms with E-state index in [-0.39, 0.29) is 15.7 Å². The summed E-state index contributed by atoms with van der Waals surface area (Å²) >= 11 is 3.01. The Bertz CT molecular complexity index is 643. The quantitative estimate of drug-likeness (QED) is 0.876. The van der Waals surface area contributed by atoms with Crippen molar-refractivity contribution in [2.75, 3.05) is 5.32 Å². The van der Waals surface area contributed by atoms with E-state index in [1.165, 1.54) is 18.2 Å². The smallest absolute Gasteiger partial charge is 0.258 e. The van der Waals surface area contributed by atoms with Gasteiger partial charge < -0.3 is 5.32 Å². The van der Waals surface area contributed by atoms with Crippen LogP contribution in [-0.2, 0) is 0 Å². The number of carbonyl (C=O) groups excluding carboxylic acids is 1. The zero-order chi connectivity index (χ0) is 14.0. The van der Waals surface area contributed by atoms with E-state index in [9.17, 15) is 13.6 Å². The molecule has 0 saturated heterocycles. The molecule has 0 saturated carbocycles. The van der Waals surface area contributed by atoms with Crippen LogP contribution in [-0.4, -0.2) is 5.91 Å². The molecule has 0 atom stereocenters. The molecule has 98 valence electrons. The van der Waals surface area contributed by atoms with Crippen molar-refractivity contribution >= 4 is 27.5 Å². The number of hydrogen-bond donors (Lipinski definition) is 1. The summed E-state index contributed by atoms with van der Waals surface area (Å²) < 4.78 is 27.3. The molecule has 19 heavy (non-hydrogen) atoms. The molecule has 0 heterocycles. The standard InChI is InChI=1S/C14H10BrF2NO/c1-8-5-6-9(7-12(8)16)18-14(19)10-3-2-4-11(15)13(10)17/h2-7H,1H3,(H,18,19). The molecule has 0 aliphatic heterocycles. The lowest BCUT2D eigenvalue weighted by molar-refractivity contribution is 0.102.